The van der Waals surface area contributed by atoms with Crippen LogP contribution in [0.3, 0.4) is 0 Å². The molecule has 0 spiro atoms. The molecule has 6 nitrogen and oxygen atoms in total. The lowest BCUT2D eigenvalue weighted by Crippen LogP contribution is -2.38. The number of amides is 2. The Morgan fingerprint density at radius 2 is 1.68 bits per heavy atom. The molecule has 2 aromatic carbocycles. The summed E-state index contributed by atoms with van der Waals surface area (Å²) in [7, 11) is 0. The Morgan fingerprint density at radius 3 is 2.46 bits per heavy atom. The summed E-state index contributed by atoms with van der Waals surface area (Å²) in [6, 6.07) is 13.2. The first kappa shape index (κ1) is 18.5. The van der Waals surface area contributed by atoms with Crippen molar-refractivity contribution in [2.24, 2.45) is 0 Å². The van der Waals surface area contributed by atoms with Crippen molar-refractivity contribution in [3.8, 4) is 0 Å². The van der Waals surface area contributed by atoms with Crippen LogP contribution in [-0.2, 0) is 11.3 Å². The number of nitrogens with zero attached hydrogens (tertiary/aromatic N) is 2. The number of carbonyl (C=O) groups is 1. The molecule has 28 heavy (non-hydrogen) atoms. The van der Waals surface area contributed by atoms with E-state index in [2.05, 4.69) is 32.4 Å². The van der Waals surface area contributed by atoms with Crippen molar-refractivity contribution < 1.29 is 13.9 Å². The first-order valence-electron chi connectivity index (χ1n) is 9.40. The minimum atomic E-state index is -0.363. The molecule has 1 aromatic heterocycles. The molecule has 0 bridgehead atoms. The lowest BCUT2D eigenvalue weighted by atomic mass is 10.2. The Kier molecular flexibility index (Phi) is 5.55. The second-order valence-corrected chi connectivity index (χ2v) is 6.82. The highest BCUT2D eigenvalue weighted by molar-refractivity contribution is 6.01. The van der Waals surface area contributed by atoms with Gasteiger partial charge in [-0.15, -0.1) is 0 Å². The molecule has 2 heterocycles. The summed E-state index contributed by atoms with van der Waals surface area (Å²) in [6.45, 7) is 5.49. The molecular formula is C21H23FN4O2. The predicted octanol–water partition coefficient (Wildman–Crippen LogP) is 3.76. The third-order valence-electron chi connectivity index (χ3n) is 4.89. The first-order valence-corrected chi connectivity index (χ1v) is 9.40. The molecule has 146 valence electrons. The van der Waals surface area contributed by atoms with Crippen molar-refractivity contribution in [1.82, 2.24) is 9.47 Å². The van der Waals surface area contributed by atoms with Gasteiger partial charge in [-0.25, -0.2) is 9.18 Å². The fourth-order valence-electron chi connectivity index (χ4n) is 3.37. The number of halogens is 1. The van der Waals surface area contributed by atoms with Gasteiger partial charge in [-0.2, -0.15) is 0 Å². The number of fused-ring (bicyclic) bond motifs is 1. The number of anilines is 2. The van der Waals surface area contributed by atoms with Gasteiger partial charge < -0.3 is 19.9 Å². The minimum absolute atomic E-state index is 0.338. The van der Waals surface area contributed by atoms with E-state index in [4.69, 9.17) is 4.74 Å². The number of aromatic nitrogens is 1. The second kappa shape index (κ2) is 8.41. The van der Waals surface area contributed by atoms with Gasteiger partial charge >= 0.3 is 6.03 Å². The summed E-state index contributed by atoms with van der Waals surface area (Å²) in [5, 5.41) is 6.58. The Hall–Kier alpha value is -2.90. The molecule has 3 aromatic rings. The van der Waals surface area contributed by atoms with E-state index in [0.717, 1.165) is 50.3 Å². The molecule has 2 amide bonds. The van der Waals surface area contributed by atoms with Gasteiger partial charge in [0.25, 0.3) is 0 Å². The molecule has 4 rings (SSSR count). The molecule has 7 heteroatoms. The first-order chi connectivity index (χ1) is 13.7. The number of urea groups is 1. The van der Waals surface area contributed by atoms with Crippen molar-refractivity contribution >= 4 is 28.3 Å². The van der Waals surface area contributed by atoms with E-state index in [-0.39, 0.29) is 11.8 Å². The number of rotatable bonds is 5. The zero-order valence-electron chi connectivity index (χ0n) is 15.5. The van der Waals surface area contributed by atoms with Crippen LogP contribution in [0.4, 0.5) is 20.6 Å². The van der Waals surface area contributed by atoms with Crippen molar-refractivity contribution in [1.29, 1.82) is 0 Å². The average molecular weight is 382 g/mol. The van der Waals surface area contributed by atoms with Crippen LogP contribution in [-0.4, -0.2) is 48.3 Å². The average Bonchev–Trinajstić information content (AvgIpc) is 3.11. The van der Waals surface area contributed by atoms with Gasteiger partial charge in [-0.1, -0.05) is 0 Å². The number of carbonyl (C=O) groups excluding carboxylic acids is 1. The van der Waals surface area contributed by atoms with Crippen molar-refractivity contribution in [2.75, 3.05) is 43.5 Å². The van der Waals surface area contributed by atoms with Gasteiger partial charge in [0.1, 0.15) is 5.82 Å². The van der Waals surface area contributed by atoms with Crippen LogP contribution in [0.5, 0.6) is 0 Å². The van der Waals surface area contributed by atoms with Gasteiger partial charge in [-0.3, -0.25) is 4.90 Å². The lowest BCUT2D eigenvalue weighted by molar-refractivity contribution is 0.0365. The SMILES string of the molecule is O=C(Nc1ccc(F)cc1)Nc1ccc2c(ccn2CCN2CCOCC2)c1. The third kappa shape index (κ3) is 4.49. The molecule has 1 aliphatic rings. The number of nitrogens with one attached hydrogen (secondary N) is 2. The maximum Gasteiger partial charge on any atom is 0.323 e. The Morgan fingerprint density at radius 1 is 0.964 bits per heavy atom. The van der Waals surface area contributed by atoms with Crippen LogP contribution < -0.4 is 10.6 Å². The van der Waals surface area contributed by atoms with E-state index in [1.807, 2.05) is 18.2 Å². The largest absolute Gasteiger partial charge is 0.379 e. The molecule has 0 atom stereocenters. The fraction of sp³-hybridized carbons (Fsp3) is 0.286. The molecule has 0 radical (unpaired) electrons. The highest BCUT2D eigenvalue weighted by Crippen LogP contribution is 2.21. The number of hydrogen-bond donors (Lipinski definition) is 2. The van der Waals surface area contributed by atoms with Gasteiger partial charge in [0, 0.05) is 54.7 Å². The summed E-state index contributed by atoms with van der Waals surface area (Å²) < 4.78 is 20.6. The smallest absolute Gasteiger partial charge is 0.323 e. The van der Waals surface area contributed by atoms with Crippen LogP contribution in [0.25, 0.3) is 10.9 Å². The van der Waals surface area contributed by atoms with Gasteiger partial charge in [0.05, 0.1) is 13.2 Å². The number of benzene rings is 2. The van der Waals surface area contributed by atoms with Crippen molar-refractivity contribution in [3.63, 3.8) is 0 Å². The van der Waals surface area contributed by atoms with Crippen LogP contribution in [0, 0.1) is 5.82 Å². The number of ether oxygens (including phenoxy) is 1. The molecule has 2 N–H and O–H groups in total. The van der Waals surface area contributed by atoms with E-state index < -0.39 is 0 Å². The monoisotopic (exact) mass is 382 g/mol. The quantitative estimate of drug-likeness (QED) is 0.707. The molecule has 1 saturated heterocycles. The van der Waals surface area contributed by atoms with E-state index in [9.17, 15) is 9.18 Å². The summed E-state index contributed by atoms with van der Waals surface area (Å²) in [5.74, 6) is -0.338. The molecule has 1 aliphatic heterocycles. The third-order valence-corrected chi connectivity index (χ3v) is 4.89. The fourth-order valence-corrected chi connectivity index (χ4v) is 3.37. The topological polar surface area (TPSA) is 58.5 Å². The Bertz CT molecular complexity index is 949. The summed E-state index contributed by atoms with van der Waals surface area (Å²) >= 11 is 0. The number of morpholine rings is 1. The second-order valence-electron chi connectivity index (χ2n) is 6.82. The van der Waals surface area contributed by atoms with E-state index >= 15 is 0 Å². The van der Waals surface area contributed by atoms with Crippen molar-refractivity contribution in [3.05, 3.63) is 60.5 Å². The molecule has 0 aliphatic carbocycles. The maximum atomic E-state index is 12.9. The van der Waals surface area contributed by atoms with Gasteiger partial charge in [-0.05, 0) is 48.5 Å². The Labute approximate surface area is 162 Å². The van der Waals surface area contributed by atoms with Crippen molar-refractivity contribution in [2.45, 2.75) is 6.54 Å². The van der Waals surface area contributed by atoms with E-state index in [0.29, 0.717) is 11.4 Å². The normalized spacial score (nSPS) is 14.9. The minimum Gasteiger partial charge on any atom is -0.379 e. The summed E-state index contributed by atoms with van der Waals surface area (Å²) in [4.78, 5) is 14.6. The van der Waals surface area contributed by atoms with E-state index in [1.165, 1.54) is 24.3 Å². The molecular weight excluding hydrogens is 359 g/mol. The summed E-state index contributed by atoms with van der Waals surface area (Å²) in [5.41, 5.74) is 2.38. The van der Waals surface area contributed by atoms with Crippen LogP contribution in [0.15, 0.2) is 54.7 Å². The van der Waals surface area contributed by atoms with Gasteiger partial charge in [0.15, 0.2) is 0 Å². The molecule has 0 saturated carbocycles. The molecule has 0 unspecified atom stereocenters. The summed E-state index contributed by atoms with van der Waals surface area (Å²) in [6.07, 6.45) is 2.08. The Balaban J connectivity index is 1.37. The van der Waals surface area contributed by atoms with Gasteiger partial charge in [0.2, 0.25) is 0 Å². The number of hydrogen-bond acceptors (Lipinski definition) is 3. The zero-order valence-corrected chi connectivity index (χ0v) is 15.5. The van der Waals surface area contributed by atoms with Crippen LogP contribution in [0.2, 0.25) is 0 Å². The maximum absolute atomic E-state index is 12.9. The predicted molar refractivity (Wildman–Crippen MR) is 108 cm³/mol. The van der Waals surface area contributed by atoms with Crippen LogP contribution >= 0.6 is 0 Å². The highest BCUT2D eigenvalue weighted by atomic mass is 19.1. The zero-order chi connectivity index (χ0) is 19.3. The highest BCUT2D eigenvalue weighted by Gasteiger charge is 2.11. The standard InChI is InChI=1S/C21H23FN4O2/c22-17-1-3-18(4-2-17)23-21(27)24-19-5-6-20-16(15-19)7-8-26(20)10-9-25-11-13-28-14-12-25/h1-8,15H,9-14H2,(H2,23,24,27). The lowest BCUT2D eigenvalue weighted by Gasteiger charge is -2.26. The van der Waals surface area contributed by atoms with E-state index in [1.54, 1.807) is 0 Å². The van der Waals surface area contributed by atoms with Crippen LogP contribution in [0.1, 0.15) is 0 Å². The molecule has 1 fully saturated rings.